The number of ether oxygens (including phenoxy) is 2. The highest BCUT2D eigenvalue weighted by molar-refractivity contribution is 5.54. The second-order valence-corrected chi connectivity index (χ2v) is 15.9. The molecule has 10 rings (SSSR count). The standard InChI is InChI=1S/2C22H25FN10O/c2*1-31-13-17(25-14-31)26-20-28-21(30-22(29-20)33-9-11-34-12-10-33)27-18(19-24-7-8-32(19)2)15-3-5-16(23)6-4-15/h2*3-8,13-14,18H,9-12H2,1-2H3,(H2,26,27,28,29,30)/t2*18-/m10/s1. The fraction of sp³-hybridized carbons (Fsp3) is 0.318. The van der Waals surface area contributed by atoms with Gasteiger partial charge in [0.1, 0.15) is 35.4 Å². The summed E-state index contributed by atoms with van der Waals surface area (Å²) < 4.78 is 45.6. The van der Waals surface area contributed by atoms with Crippen LogP contribution < -0.4 is 31.1 Å². The van der Waals surface area contributed by atoms with Gasteiger partial charge in [0.15, 0.2) is 11.6 Å². The number of aryl methyl sites for hydroxylation is 4. The zero-order valence-electron chi connectivity index (χ0n) is 37.8. The number of nitrogens with zero attached hydrogens (tertiary/aromatic N) is 16. The maximum atomic E-state index is 13.6. The van der Waals surface area contributed by atoms with Crippen LogP contribution in [-0.4, -0.2) is 121 Å². The van der Waals surface area contributed by atoms with E-state index in [2.05, 4.69) is 71.1 Å². The topological polar surface area (TPSA) is 222 Å². The molecule has 0 bridgehead atoms. The van der Waals surface area contributed by atoms with Crippen LogP contribution in [0.5, 0.6) is 0 Å². The number of hydrogen-bond donors (Lipinski definition) is 4. The molecule has 8 heterocycles. The molecule has 0 amide bonds. The predicted octanol–water partition coefficient (Wildman–Crippen LogP) is 4.52. The quantitative estimate of drug-likeness (QED) is 0.118. The van der Waals surface area contributed by atoms with Crippen molar-refractivity contribution in [3.8, 4) is 0 Å². The van der Waals surface area contributed by atoms with Crippen molar-refractivity contribution >= 4 is 47.3 Å². The van der Waals surface area contributed by atoms with Crippen LogP contribution in [0.4, 0.5) is 56.1 Å². The number of halogens is 2. The molecule has 24 heteroatoms. The molecule has 0 aliphatic carbocycles. The Balaban J connectivity index is 0.000000170. The molecule has 352 valence electrons. The van der Waals surface area contributed by atoms with E-state index in [9.17, 15) is 8.78 Å². The van der Waals surface area contributed by atoms with Crippen molar-refractivity contribution in [1.29, 1.82) is 0 Å². The van der Waals surface area contributed by atoms with Gasteiger partial charge in [0, 0.05) is 91.6 Å². The summed E-state index contributed by atoms with van der Waals surface area (Å²) in [6.45, 7) is 5.10. The van der Waals surface area contributed by atoms with E-state index < -0.39 is 12.1 Å². The number of aromatic nitrogens is 14. The molecule has 22 nitrogen and oxygen atoms in total. The Bertz CT molecular complexity index is 2690. The Hall–Kier alpha value is -8.12. The maximum absolute atomic E-state index is 13.6. The van der Waals surface area contributed by atoms with Crippen molar-refractivity contribution in [3.63, 3.8) is 0 Å². The van der Waals surface area contributed by atoms with Gasteiger partial charge >= 0.3 is 0 Å². The number of anilines is 8. The lowest BCUT2D eigenvalue weighted by Gasteiger charge is -2.27. The summed E-state index contributed by atoms with van der Waals surface area (Å²) in [7, 11) is 7.58. The predicted molar refractivity (Wildman–Crippen MR) is 249 cm³/mol. The second-order valence-electron chi connectivity index (χ2n) is 15.9. The maximum Gasteiger partial charge on any atom is 0.235 e. The van der Waals surface area contributed by atoms with Crippen LogP contribution in [-0.2, 0) is 37.7 Å². The summed E-state index contributed by atoms with van der Waals surface area (Å²) in [4.78, 5) is 49.5. The molecule has 2 fully saturated rings. The zero-order valence-corrected chi connectivity index (χ0v) is 37.8. The van der Waals surface area contributed by atoms with Gasteiger partial charge in [-0.2, -0.15) is 29.9 Å². The van der Waals surface area contributed by atoms with Gasteiger partial charge in [0.05, 0.1) is 39.1 Å². The molecular weight excluding hydrogens is 879 g/mol. The van der Waals surface area contributed by atoms with Crippen LogP contribution in [0.25, 0.3) is 0 Å². The van der Waals surface area contributed by atoms with Crippen LogP contribution in [0.3, 0.4) is 0 Å². The lowest BCUT2D eigenvalue weighted by molar-refractivity contribution is 0.122. The van der Waals surface area contributed by atoms with Gasteiger partial charge in [-0.15, -0.1) is 0 Å². The molecule has 2 saturated heterocycles. The molecule has 68 heavy (non-hydrogen) atoms. The number of morpholine rings is 2. The summed E-state index contributed by atoms with van der Waals surface area (Å²) in [6.07, 6.45) is 14.2. The summed E-state index contributed by atoms with van der Waals surface area (Å²) in [6, 6.07) is 11.8. The van der Waals surface area contributed by atoms with Crippen LogP contribution in [0.2, 0.25) is 0 Å². The Morgan fingerprint density at radius 2 is 0.882 bits per heavy atom. The van der Waals surface area contributed by atoms with E-state index in [0.29, 0.717) is 99.9 Å². The van der Waals surface area contributed by atoms with Crippen molar-refractivity contribution in [3.05, 3.63) is 133 Å². The smallest absolute Gasteiger partial charge is 0.235 e. The van der Waals surface area contributed by atoms with E-state index in [-0.39, 0.29) is 11.6 Å². The molecule has 0 spiro atoms. The van der Waals surface area contributed by atoms with Gasteiger partial charge in [-0.3, -0.25) is 0 Å². The van der Waals surface area contributed by atoms with Gasteiger partial charge < -0.3 is 58.8 Å². The first-order chi connectivity index (χ1) is 33.1. The van der Waals surface area contributed by atoms with Crippen LogP contribution in [0.15, 0.2) is 98.4 Å². The minimum atomic E-state index is -0.414. The van der Waals surface area contributed by atoms with Crippen LogP contribution in [0, 0.1) is 11.6 Å². The molecule has 8 aromatic rings. The van der Waals surface area contributed by atoms with E-state index in [1.54, 1.807) is 49.3 Å². The summed E-state index contributed by atoms with van der Waals surface area (Å²) in [5.74, 6) is 4.56. The first kappa shape index (κ1) is 45.1. The molecule has 2 aliphatic heterocycles. The Morgan fingerprint density at radius 3 is 1.22 bits per heavy atom. The van der Waals surface area contributed by atoms with Crippen molar-refractivity contribution in [1.82, 2.24) is 68.1 Å². The van der Waals surface area contributed by atoms with Crippen LogP contribution in [0.1, 0.15) is 34.9 Å². The summed E-state index contributed by atoms with van der Waals surface area (Å²) >= 11 is 0. The van der Waals surface area contributed by atoms with Gasteiger partial charge in [0.2, 0.25) is 35.7 Å². The van der Waals surface area contributed by atoms with Gasteiger partial charge in [-0.25, -0.2) is 28.7 Å². The lowest BCUT2D eigenvalue weighted by atomic mass is 10.1. The lowest BCUT2D eigenvalue weighted by Crippen LogP contribution is -2.37. The van der Waals surface area contributed by atoms with E-state index >= 15 is 0 Å². The number of imidazole rings is 4. The Labute approximate surface area is 389 Å². The van der Waals surface area contributed by atoms with Gasteiger partial charge in [-0.1, -0.05) is 24.3 Å². The molecule has 2 aliphatic rings. The summed E-state index contributed by atoms with van der Waals surface area (Å²) in [5.41, 5.74) is 1.64. The molecule has 0 radical (unpaired) electrons. The van der Waals surface area contributed by atoms with Crippen molar-refractivity contribution < 1.29 is 18.3 Å². The van der Waals surface area contributed by atoms with E-state index in [0.717, 1.165) is 22.8 Å². The molecule has 6 aromatic heterocycles. The number of benzene rings is 2. The van der Waals surface area contributed by atoms with E-state index in [1.807, 2.05) is 81.0 Å². The highest BCUT2D eigenvalue weighted by atomic mass is 19.1. The first-order valence-electron chi connectivity index (χ1n) is 21.8. The van der Waals surface area contributed by atoms with Gasteiger partial charge in [-0.05, 0) is 35.4 Å². The minimum Gasteiger partial charge on any atom is -0.378 e. The molecule has 0 saturated carbocycles. The molecule has 2 aromatic carbocycles. The highest BCUT2D eigenvalue weighted by Gasteiger charge is 2.25. The highest BCUT2D eigenvalue weighted by Crippen LogP contribution is 2.28. The average molecular weight is 929 g/mol. The SMILES string of the molecule is Cn1cnc(Nc2nc(N[C@@H](c3ccc(F)cc3)c3nccn3C)nc(N3CCOCC3)n2)c1.Cn1cnc(Nc2nc(N[C@H](c3ccc(F)cc3)c3nccn3C)nc(N3CCOCC3)n2)c1. The number of rotatable bonds is 14. The number of hydrogen-bond acceptors (Lipinski definition) is 18. The normalized spacial score (nSPS) is 14.7. The first-order valence-corrected chi connectivity index (χ1v) is 21.8. The molecule has 0 unspecified atom stereocenters. The summed E-state index contributed by atoms with van der Waals surface area (Å²) in [5, 5.41) is 13.1. The van der Waals surface area contributed by atoms with Crippen molar-refractivity contribution in [2.45, 2.75) is 12.1 Å². The fourth-order valence-electron chi connectivity index (χ4n) is 7.44. The van der Waals surface area contributed by atoms with E-state index in [4.69, 9.17) is 9.47 Å². The largest absolute Gasteiger partial charge is 0.378 e. The van der Waals surface area contributed by atoms with Gasteiger partial charge in [0.25, 0.3) is 0 Å². The molecule has 4 N–H and O–H groups in total. The van der Waals surface area contributed by atoms with Crippen LogP contribution >= 0.6 is 0 Å². The second kappa shape index (κ2) is 20.6. The fourth-order valence-corrected chi connectivity index (χ4v) is 7.44. The number of nitrogens with one attached hydrogen (secondary N) is 4. The van der Waals surface area contributed by atoms with E-state index in [1.165, 1.54) is 24.3 Å². The average Bonchev–Trinajstić information content (AvgIpc) is 4.18. The zero-order chi connectivity index (χ0) is 47.0. The monoisotopic (exact) mass is 928 g/mol. The minimum absolute atomic E-state index is 0.307. The molecular formula is C44H50F2N20O2. The van der Waals surface area contributed by atoms with Crippen molar-refractivity contribution in [2.75, 3.05) is 83.7 Å². The third kappa shape index (κ3) is 11.1. The molecule has 2 atom stereocenters. The van der Waals surface area contributed by atoms with Crippen molar-refractivity contribution in [2.24, 2.45) is 28.2 Å². The third-order valence-corrected chi connectivity index (χ3v) is 10.9. The third-order valence-electron chi connectivity index (χ3n) is 10.9. The Morgan fingerprint density at radius 1 is 0.500 bits per heavy atom. The Kier molecular flexibility index (Phi) is 13.6.